The first-order chi connectivity index (χ1) is 8.30. The maximum Gasteiger partial charge on any atom is 0.0530 e. The van der Waals surface area contributed by atoms with Crippen molar-refractivity contribution >= 4 is 0 Å². The summed E-state index contributed by atoms with van der Waals surface area (Å²) in [6, 6.07) is 8.99. The second kappa shape index (κ2) is 4.43. The third kappa shape index (κ3) is 2.00. The number of aryl methyl sites for hydroxylation is 1. The molecule has 2 heterocycles. The molecule has 3 rings (SSSR count). The Balaban J connectivity index is 1.93. The maximum absolute atomic E-state index is 5.69. The van der Waals surface area contributed by atoms with E-state index in [0.29, 0.717) is 11.3 Å². The molecule has 2 unspecified atom stereocenters. The summed E-state index contributed by atoms with van der Waals surface area (Å²) in [4.78, 5) is 0. The lowest BCUT2D eigenvalue weighted by molar-refractivity contribution is 0.110. The predicted molar refractivity (Wildman–Crippen MR) is 69.3 cm³/mol. The Morgan fingerprint density at radius 1 is 1.35 bits per heavy atom. The van der Waals surface area contributed by atoms with Crippen molar-refractivity contribution in [2.24, 2.45) is 5.41 Å². The van der Waals surface area contributed by atoms with Crippen molar-refractivity contribution in [2.45, 2.75) is 25.7 Å². The molecule has 2 heteroatoms. The minimum Gasteiger partial charge on any atom is -0.381 e. The van der Waals surface area contributed by atoms with E-state index in [1.54, 1.807) is 0 Å². The molecule has 1 aromatic carbocycles. The van der Waals surface area contributed by atoms with Crippen LogP contribution in [0.25, 0.3) is 0 Å². The highest BCUT2D eigenvalue weighted by molar-refractivity contribution is 5.28. The minimum atomic E-state index is 0.402. The van der Waals surface area contributed by atoms with E-state index in [0.717, 1.165) is 26.3 Å². The molecule has 0 saturated carbocycles. The lowest BCUT2D eigenvalue weighted by Crippen LogP contribution is -2.44. The van der Waals surface area contributed by atoms with Crippen molar-refractivity contribution in [1.82, 2.24) is 5.32 Å². The van der Waals surface area contributed by atoms with Crippen LogP contribution in [0, 0.1) is 12.3 Å². The number of hydrogen-bond acceptors (Lipinski definition) is 2. The monoisotopic (exact) mass is 231 g/mol. The van der Waals surface area contributed by atoms with Crippen LogP contribution in [-0.4, -0.2) is 26.3 Å². The second-order valence-electron chi connectivity index (χ2n) is 5.59. The molecule has 2 aliphatic heterocycles. The van der Waals surface area contributed by atoms with Gasteiger partial charge in [0.2, 0.25) is 0 Å². The summed E-state index contributed by atoms with van der Waals surface area (Å²) in [7, 11) is 0. The number of hydrogen-bond donors (Lipinski definition) is 1. The van der Waals surface area contributed by atoms with E-state index in [1.165, 1.54) is 24.0 Å². The SMILES string of the molecule is Cc1cccc(C2CNCCC23CCOC3)c1. The third-order valence-electron chi connectivity index (χ3n) is 4.47. The largest absolute Gasteiger partial charge is 0.381 e. The number of piperidine rings is 1. The topological polar surface area (TPSA) is 21.3 Å². The van der Waals surface area contributed by atoms with Gasteiger partial charge in [-0.25, -0.2) is 0 Å². The Labute approximate surface area is 103 Å². The van der Waals surface area contributed by atoms with Crippen LogP contribution in [0.15, 0.2) is 24.3 Å². The number of rotatable bonds is 1. The van der Waals surface area contributed by atoms with Gasteiger partial charge in [0, 0.05) is 24.5 Å². The van der Waals surface area contributed by atoms with Crippen LogP contribution in [0.2, 0.25) is 0 Å². The van der Waals surface area contributed by atoms with Gasteiger partial charge < -0.3 is 10.1 Å². The van der Waals surface area contributed by atoms with Crippen molar-refractivity contribution in [3.63, 3.8) is 0 Å². The molecule has 17 heavy (non-hydrogen) atoms. The summed E-state index contributed by atoms with van der Waals surface area (Å²) in [5.74, 6) is 0.624. The zero-order valence-electron chi connectivity index (χ0n) is 10.5. The molecule has 0 aliphatic carbocycles. The van der Waals surface area contributed by atoms with E-state index in [2.05, 4.69) is 36.5 Å². The molecule has 0 aromatic heterocycles. The van der Waals surface area contributed by atoms with Gasteiger partial charge in [0.05, 0.1) is 6.61 Å². The molecule has 1 spiro atoms. The highest BCUT2D eigenvalue weighted by atomic mass is 16.5. The lowest BCUT2D eigenvalue weighted by atomic mass is 9.67. The summed E-state index contributed by atoms with van der Waals surface area (Å²) < 4.78 is 5.69. The first kappa shape index (κ1) is 11.2. The standard InChI is InChI=1S/C15H21NO/c1-12-3-2-4-13(9-12)14-10-16-7-5-15(14)6-8-17-11-15/h2-4,9,14,16H,5-8,10-11H2,1H3. The summed E-state index contributed by atoms with van der Waals surface area (Å²) in [6.45, 7) is 6.33. The van der Waals surface area contributed by atoms with E-state index in [4.69, 9.17) is 4.74 Å². The van der Waals surface area contributed by atoms with Crippen LogP contribution < -0.4 is 5.32 Å². The van der Waals surface area contributed by atoms with Crippen LogP contribution in [0.1, 0.15) is 29.9 Å². The molecule has 2 aliphatic rings. The lowest BCUT2D eigenvalue weighted by Gasteiger charge is -2.41. The minimum absolute atomic E-state index is 0.402. The highest BCUT2D eigenvalue weighted by Crippen LogP contribution is 2.46. The molecule has 2 fully saturated rings. The fourth-order valence-electron chi connectivity index (χ4n) is 3.43. The van der Waals surface area contributed by atoms with Gasteiger partial charge in [0.1, 0.15) is 0 Å². The summed E-state index contributed by atoms with van der Waals surface area (Å²) >= 11 is 0. The first-order valence-electron chi connectivity index (χ1n) is 6.65. The van der Waals surface area contributed by atoms with Crippen molar-refractivity contribution in [1.29, 1.82) is 0 Å². The predicted octanol–water partition coefficient (Wildman–Crippen LogP) is 2.48. The van der Waals surface area contributed by atoms with E-state index >= 15 is 0 Å². The quantitative estimate of drug-likeness (QED) is 0.801. The molecular formula is C15H21NO. The highest BCUT2D eigenvalue weighted by Gasteiger charge is 2.44. The third-order valence-corrected chi connectivity index (χ3v) is 4.47. The molecule has 2 saturated heterocycles. The van der Waals surface area contributed by atoms with Crippen LogP contribution >= 0.6 is 0 Å². The normalized spacial score (nSPS) is 33.1. The Hall–Kier alpha value is -0.860. The van der Waals surface area contributed by atoms with E-state index in [9.17, 15) is 0 Å². The smallest absolute Gasteiger partial charge is 0.0530 e. The van der Waals surface area contributed by atoms with E-state index in [1.807, 2.05) is 0 Å². The summed E-state index contributed by atoms with van der Waals surface area (Å²) in [6.07, 6.45) is 2.49. The van der Waals surface area contributed by atoms with E-state index in [-0.39, 0.29) is 0 Å². The number of ether oxygens (including phenoxy) is 1. The number of nitrogens with one attached hydrogen (secondary N) is 1. The molecule has 0 radical (unpaired) electrons. The van der Waals surface area contributed by atoms with Gasteiger partial charge in [0.15, 0.2) is 0 Å². The maximum atomic E-state index is 5.69. The van der Waals surface area contributed by atoms with Crippen molar-refractivity contribution < 1.29 is 4.74 Å². The summed E-state index contributed by atoms with van der Waals surface area (Å²) in [5.41, 5.74) is 3.25. The molecule has 0 amide bonds. The average molecular weight is 231 g/mol. The molecule has 1 aromatic rings. The van der Waals surface area contributed by atoms with Gasteiger partial charge in [0.25, 0.3) is 0 Å². The van der Waals surface area contributed by atoms with Gasteiger partial charge in [-0.2, -0.15) is 0 Å². The zero-order valence-corrected chi connectivity index (χ0v) is 10.5. The second-order valence-corrected chi connectivity index (χ2v) is 5.59. The van der Waals surface area contributed by atoms with Crippen LogP contribution in [0.5, 0.6) is 0 Å². The molecule has 2 nitrogen and oxygen atoms in total. The zero-order chi connectivity index (χ0) is 11.7. The fraction of sp³-hybridized carbons (Fsp3) is 0.600. The van der Waals surface area contributed by atoms with Gasteiger partial charge in [-0.05, 0) is 31.9 Å². The Bertz CT molecular complexity index is 396. The van der Waals surface area contributed by atoms with Gasteiger partial charge in [-0.15, -0.1) is 0 Å². The Morgan fingerprint density at radius 3 is 3.06 bits per heavy atom. The van der Waals surface area contributed by atoms with Crippen LogP contribution in [0.4, 0.5) is 0 Å². The van der Waals surface area contributed by atoms with E-state index < -0.39 is 0 Å². The Morgan fingerprint density at radius 2 is 2.29 bits per heavy atom. The van der Waals surface area contributed by atoms with Gasteiger partial charge in [-0.3, -0.25) is 0 Å². The number of benzene rings is 1. The molecule has 1 N–H and O–H groups in total. The van der Waals surface area contributed by atoms with Gasteiger partial charge in [-0.1, -0.05) is 29.8 Å². The molecule has 0 bridgehead atoms. The molecular weight excluding hydrogens is 210 g/mol. The fourth-order valence-corrected chi connectivity index (χ4v) is 3.43. The van der Waals surface area contributed by atoms with Crippen molar-refractivity contribution in [2.75, 3.05) is 26.3 Å². The average Bonchev–Trinajstić information content (AvgIpc) is 2.79. The van der Waals surface area contributed by atoms with Crippen LogP contribution in [-0.2, 0) is 4.74 Å². The summed E-state index contributed by atoms with van der Waals surface area (Å²) in [5, 5.41) is 3.55. The molecule has 2 atom stereocenters. The molecule has 92 valence electrons. The van der Waals surface area contributed by atoms with Crippen molar-refractivity contribution in [3.05, 3.63) is 35.4 Å². The first-order valence-corrected chi connectivity index (χ1v) is 6.65. The Kier molecular flexibility index (Phi) is 2.93. The van der Waals surface area contributed by atoms with Gasteiger partial charge >= 0.3 is 0 Å². The van der Waals surface area contributed by atoms with Crippen molar-refractivity contribution in [3.8, 4) is 0 Å². The van der Waals surface area contributed by atoms with Crippen LogP contribution in [0.3, 0.4) is 0 Å².